The summed E-state index contributed by atoms with van der Waals surface area (Å²) >= 11 is 0. The van der Waals surface area contributed by atoms with Gasteiger partial charge in [-0.3, -0.25) is 4.79 Å². The van der Waals surface area contributed by atoms with E-state index in [4.69, 9.17) is 0 Å². The van der Waals surface area contributed by atoms with Crippen molar-refractivity contribution in [1.82, 2.24) is 0 Å². The molecule has 1 rings (SSSR count). The highest BCUT2D eigenvalue weighted by Gasteiger charge is 2.22. The van der Waals surface area contributed by atoms with Gasteiger partial charge in [0.25, 0.3) is 0 Å². The van der Waals surface area contributed by atoms with Crippen LogP contribution in [0.4, 0.5) is 17.6 Å². The van der Waals surface area contributed by atoms with Gasteiger partial charge in [0.15, 0.2) is 11.6 Å². The number of halogens is 4. The minimum atomic E-state index is -1.76. The lowest BCUT2D eigenvalue weighted by Crippen LogP contribution is -2.11. The summed E-state index contributed by atoms with van der Waals surface area (Å²) in [5.74, 6) is -9.25. The highest BCUT2D eigenvalue weighted by Crippen LogP contribution is 2.26. The van der Waals surface area contributed by atoms with Crippen molar-refractivity contribution in [2.45, 2.75) is 25.7 Å². The third-order valence-electron chi connectivity index (χ3n) is 2.24. The van der Waals surface area contributed by atoms with Crippen LogP contribution in [0.2, 0.25) is 0 Å². The molecule has 104 valence electrons. The number of carbonyl (C=O) groups excluding carboxylic acids is 2. The number of unbranched alkanes of at least 4 members (excludes halogenated alkanes) is 2. The Morgan fingerprint density at radius 2 is 1.68 bits per heavy atom. The molecular formula is C12H10F4O3. The van der Waals surface area contributed by atoms with Crippen LogP contribution < -0.4 is 4.74 Å². The SMILES string of the molecule is O=CCCCCC(=O)Oc1c(F)c(F)cc(F)c1F. The molecule has 0 saturated heterocycles. The minimum Gasteiger partial charge on any atom is -0.420 e. The first-order chi connectivity index (χ1) is 8.97. The number of hydrogen-bond acceptors (Lipinski definition) is 3. The molecule has 0 radical (unpaired) electrons. The molecule has 3 nitrogen and oxygen atoms in total. The summed E-state index contributed by atoms with van der Waals surface area (Å²) in [4.78, 5) is 21.2. The number of hydrogen-bond donors (Lipinski definition) is 0. The van der Waals surface area contributed by atoms with Crippen LogP contribution in [0.15, 0.2) is 6.07 Å². The van der Waals surface area contributed by atoms with E-state index in [0.717, 1.165) is 0 Å². The van der Waals surface area contributed by atoms with Gasteiger partial charge in [0, 0.05) is 18.9 Å². The molecule has 0 atom stereocenters. The number of carbonyl (C=O) groups is 2. The maximum Gasteiger partial charge on any atom is 0.311 e. The highest BCUT2D eigenvalue weighted by atomic mass is 19.2. The predicted molar refractivity (Wildman–Crippen MR) is 56.4 cm³/mol. The van der Waals surface area contributed by atoms with Gasteiger partial charge in [-0.15, -0.1) is 0 Å². The van der Waals surface area contributed by atoms with Gasteiger partial charge in [-0.1, -0.05) is 0 Å². The molecule has 0 bridgehead atoms. The van der Waals surface area contributed by atoms with Crippen LogP contribution in [0.1, 0.15) is 25.7 Å². The second kappa shape index (κ2) is 6.86. The summed E-state index contributed by atoms with van der Waals surface area (Å²) in [6.45, 7) is 0. The van der Waals surface area contributed by atoms with E-state index in [0.29, 0.717) is 12.7 Å². The largest absolute Gasteiger partial charge is 0.420 e. The van der Waals surface area contributed by atoms with Gasteiger partial charge >= 0.3 is 5.97 Å². The molecule has 0 spiro atoms. The average molecular weight is 278 g/mol. The van der Waals surface area contributed by atoms with Crippen LogP contribution in [0.25, 0.3) is 0 Å². The first-order valence-corrected chi connectivity index (χ1v) is 5.44. The van der Waals surface area contributed by atoms with Crippen LogP contribution in [-0.4, -0.2) is 12.3 Å². The standard InChI is InChI=1S/C12H10F4O3/c13-7-6-8(14)11(16)12(10(7)15)19-9(18)4-2-1-3-5-17/h5-6H,1-4H2. The Hall–Kier alpha value is -1.92. The molecular weight excluding hydrogens is 268 g/mol. The summed E-state index contributed by atoms with van der Waals surface area (Å²) in [6, 6.07) is 0.0199. The Kier molecular flexibility index (Phi) is 5.47. The van der Waals surface area contributed by atoms with Crippen molar-refractivity contribution < 1.29 is 31.9 Å². The van der Waals surface area contributed by atoms with Crippen molar-refractivity contribution >= 4 is 12.3 Å². The lowest BCUT2D eigenvalue weighted by atomic mass is 10.2. The van der Waals surface area contributed by atoms with E-state index in [2.05, 4.69) is 4.74 Å². The Balaban J connectivity index is 2.71. The van der Waals surface area contributed by atoms with Crippen molar-refractivity contribution in [1.29, 1.82) is 0 Å². The lowest BCUT2D eigenvalue weighted by Gasteiger charge is -2.07. The minimum absolute atomic E-state index is 0.0199. The van der Waals surface area contributed by atoms with Gasteiger partial charge in [-0.05, 0) is 12.8 Å². The fourth-order valence-corrected chi connectivity index (χ4v) is 1.30. The van der Waals surface area contributed by atoms with E-state index < -0.39 is 35.0 Å². The fourth-order valence-electron chi connectivity index (χ4n) is 1.30. The lowest BCUT2D eigenvalue weighted by molar-refractivity contribution is -0.135. The van der Waals surface area contributed by atoms with Crippen LogP contribution >= 0.6 is 0 Å². The molecule has 0 heterocycles. The van der Waals surface area contributed by atoms with E-state index in [1.165, 1.54) is 0 Å². The molecule has 0 aliphatic heterocycles. The average Bonchev–Trinajstić information content (AvgIpc) is 2.37. The maximum atomic E-state index is 13.1. The smallest absolute Gasteiger partial charge is 0.311 e. The van der Waals surface area contributed by atoms with Gasteiger partial charge in [0.05, 0.1) is 0 Å². The van der Waals surface area contributed by atoms with Crippen LogP contribution in [-0.2, 0) is 9.59 Å². The van der Waals surface area contributed by atoms with Crippen LogP contribution in [0, 0.1) is 23.3 Å². The molecule has 0 aromatic heterocycles. The molecule has 19 heavy (non-hydrogen) atoms. The molecule has 0 N–H and O–H groups in total. The van der Waals surface area contributed by atoms with Gasteiger partial charge in [0.2, 0.25) is 17.4 Å². The number of aldehydes is 1. The Morgan fingerprint density at radius 3 is 2.21 bits per heavy atom. The zero-order chi connectivity index (χ0) is 14.4. The van der Waals surface area contributed by atoms with E-state index in [1.54, 1.807) is 0 Å². The molecule has 0 amide bonds. The van der Waals surface area contributed by atoms with Crippen LogP contribution in [0.3, 0.4) is 0 Å². The number of ether oxygens (including phenoxy) is 1. The van der Waals surface area contributed by atoms with Gasteiger partial charge in [0.1, 0.15) is 6.29 Å². The molecule has 1 aromatic carbocycles. The molecule has 7 heteroatoms. The third-order valence-corrected chi connectivity index (χ3v) is 2.24. The molecule has 0 unspecified atom stereocenters. The fraction of sp³-hybridized carbons (Fsp3) is 0.333. The van der Waals surface area contributed by atoms with E-state index in [1.807, 2.05) is 0 Å². The van der Waals surface area contributed by atoms with Gasteiger partial charge < -0.3 is 9.53 Å². The molecule has 0 aliphatic carbocycles. The van der Waals surface area contributed by atoms with Crippen molar-refractivity contribution in [2.75, 3.05) is 0 Å². The quantitative estimate of drug-likeness (QED) is 0.201. The molecule has 0 saturated carbocycles. The normalized spacial score (nSPS) is 10.3. The summed E-state index contributed by atoms with van der Waals surface area (Å²) in [5.41, 5.74) is 0. The van der Waals surface area contributed by atoms with E-state index in [-0.39, 0.29) is 25.3 Å². The van der Waals surface area contributed by atoms with Gasteiger partial charge in [-0.2, -0.15) is 8.78 Å². The monoisotopic (exact) mass is 278 g/mol. The van der Waals surface area contributed by atoms with Crippen molar-refractivity contribution in [3.05, 3.63) is 29.3 Å². The number of rotatable bonds is 6. The second-order valence-corrected chi connectivity index (χ2v) is 3.68. The second-order valence-electron chi connectivity index (χ2n) is 3.68. The predicted octanol–water partition coefficient (Wildman–Crippen LogP) is 2.91. The van der Waals surface area contributed by atoms with Crippen molar-refractivity contribution in [3.8, 4) is 5.75 Å². The third kappa shape index (κ3) is 4.04. The first kappa shape index (κ1) is 15.1. The van der Waals surface area contributed by atoms with Crippen molar-refractivity contribution in [3.63, 3.8) is 0 Å². The van der Waals surface area contributed by atoms with E-state index in [9.17, 15) is 27.2 Å². The Morgan fingerprint density at radius 1 is 1.11 bits per heavy atom. The topological polar surface area (TPSA) is 43.4 Å². The molecule has 1 aromatic rings. The Bertz CT molecular complexity index is 462. The summed E-state index contributed by atoms with van der Waals surface area (Å²) in [7, 11) is 0. The number of esters is 1. The summed E-state index contributed by atoms with van der Waals surface area (Å²) < 4.78 is 56.2. The zero-order valence-corrected chi connectivity index (χ0v) is 9.72. The Labute approximate surface area is 106 Å². The zero-order valence-electron chi connectivity index (χ0n) is 9.72. The van der Waals surface area contributed by atoms with Gasteiger partial charge in [-0.25, -0.2) is 8.78 Å². The van der Waals surface area contributed by atoms with Crippen LogP contribution in [0.5, 0.6) is 5.75 Å². The number of benzene rings is 1. The van der Waals surface area contributed by atoms with E-state index >= 15 is 0 Å². The van der Waals surface area contributed by atoms with Crippen molar-refractivity contribution in [2.24, 2.45) is 0 Å². The summed E-state index contributed by atoms with van der Waals surface area (Å²) in [5, 5.41) is 0. The highest BCUT2D eigenvalue weighted by molar-refractivity contribution is 5.72. The first-order valence-electron chi connectivity index (χ1n) is 5.44. The molecule has 0 aliphatic rings. The maximum absolute atomic E-state index is 13.1. The molecule has 0 fully saturated rings. The summed E-state index contributed by atoms with van der Waals surface area (Å²) in [6.07, 6.45) is 1.35.